The fraction of sp³-hybridized carbons (Fsp3) is 0.143. The van der Waals surface area contributed by atoms with Crippen LogP contribution in [0.2, 0.25) is 10.0 Å². The Kier molecular flexibility index (Phi) is 2.33. The number of nitrogens with zero attached hydrogens (tertiary/aromatic N) is 2. The van der Waals surface area contributed by atoms with Crippen LogP contribution in [0.4, 0.5) is 5.69 Å². The summed E-state index contributed by atoms with van der Waals surface area (Å²) in [5.41, 5.74) is 1.16. The predicted octanol–water partition coefficient (Wildman–Crippen LogP) is 3.79. The number of hydrogen-bond acceptors (Lipinski definition) is 1. The highest BCUT2D eigenvalue weighted by Crippen LogP contribution is 2.30. The molecular weight excluding hydrogens is 183 g/mol. The SMILES string of the molecule is Cc1cc(Cl)c([N+]#N)cc1Cl. The maximum absolute atomic E-state index is 8.42. The zero-order chi connectivity index (χ0) is 8.43. The monoisotopic (exact) mass is 187 g/mol. The summed E-state index contributed by atoms with van der Waals surface area (Å²) in [5.74, 6) is 0. The molecule has 0 fully saturated rings. The van der Waals surface area contributed by atoms with E-state index >= 15 is 0 Å². The molecule has 0 saturated heterocycles. The van der Waals surface area contributed by atoms with Gasteiger partial charge in [0.05, 0.1) is 11.1 Å². The van der Waals surface area contributed by atoms with Gasteiger partial charge in [-0.3, -0.25) is 0 Å². The van der Waals surface area contributed by atoms with Crippen molar-refractivity contribution >= 4 is 28.9 Å². The topological polar surface area (TPSA) is 28.1 Å². The molecule has 1 aromatic rings. The van der Waals surface area contributed by atoms with Gasteiger partial charge in [0.2, 0.25) is 5.39 Å². The molecule has 0 unspecified atom stereocenters. The smallest absolute Gasteiger partial charge is 0.0837 e. The second-order valence-electron chi connectivity index (χ2n) is 2.15. The number of hydrogen-bond donors (Lipinski definition) is 0. The second-order valence-corrected chi connectivity index (χ2v) is 2.97. The van der Waals surface area contributed by atoms with Crippen LogP contribution in [0.15, 0.2) is 12.1 Å². The van der Waals surface area contributed by atoms with E-state index in [9.17, 15) is 0 Å². The summed E-state index contributed by atoms with van der Waals surface area (Å²) in [7, 11) is 0. The minimum atomic E-state index is 0.294. The van der Waals surface area contributed by atoms with E-state index in [4.69, 9.17) is 28.6 Å². The van der Waals surface area contributed by atoms with Crippen molar-refractivity contribution in [2.24, 2.45) is 0 Å². The van der Waals surface area contributed by atoms with Gasteiger partial charge >= 0.3 is 5.69 Å². The molecule has 0 aliphatic carbocycles. The highest BCUT2D eigenvalue weighted by Gasteiger charge is 2.13. The first kappa shape index (κ1) is 8.32. The standard InChI is InChI=1S/C7H5Cl2N2/c1-4-2-6(9)7(11-10)3-5(4)8/h2-3H,1H3/q+1. The molecule has 56 valence electrons. The number of benzene rings is 1. The maximum atomic E-state index is 8.42. The van der Waals surface area contributed by atoms with Crippen LogP contribution in [0.5, 0.6) is 0 Å². The van der Waals surface area contributed by atoms with Crippen LogP contribution in [-0.4, -0.2) is 0 Å². The third kappa shape index (κ3) is 1.62. The van der Waals surface area contributed by atoms with E-state index in [1.807, 2.05) is 6.92 Å². The van der Waals surface area contributed by atoms with Gasteiger partial charge in [0.25, 0.3) is 0 Å². The Morgan fingerprint density at radius 3 is 2.45 bits per heavy atom. The van der Waals surface area contributed by atoms with E-state index in [2.05, 4.69) is 4.98 Å². The average molecular weight is 188 g/mol. The molecule has 0 aliphatic rings. The lowest BCUT2D eigenvalue weighted by atomic mass is 10.2. The Labute approximate surface area is 74.4 Å². The minimum absolute atomic E-state index is 0.294. The quantitative estimate of drug-likeness (QED) is 0.569. The lowest BCUT2D eigenvalue weighted by molar-refractivity contribution is 1.43. The summed E-state index contributed by atoms with van der Waals surface area (Å²) in [4.78, 5) is 2.96. The first-order valence-electron chi connectivity index (χ1n) is 2.96. The summed E-state index contributed by atoms with van der Waals surface area (Å²) in [5, 5.41) is 9.36. The number of rotatable bonds is 0. The molecule has 0 radical (unpaired) electrons. The largest absolute Gasteiger partial charge is 0.404 e. The van der Waals surface area contributed by atoms with Crippen molar-refractivity contribution in [3.63, 3.8) is 0 Å². The van der Waals surface area contributed by atoms with E-state index in [0.717, 1.165) is 5.56 Å². The Morgan fingerprint density at radius 2 is 1.91 bits per heavy atom. The van der Waals surface area contributed by atoms with Gasteiger partial charge in [-0.05, 0) is 18.6 Å². The molecule has 0 saturated carbocycles. The van der Waals surface area contributed by atoms with Gasteiger partial charge in [0, 0.05) is 0 Å². The highest BCUT2D eigenvalue weighted by molar-refractivity contribution is 6.35. The lowest BCUT2D eigenvalue weighted by Crippen LogP contribution is -1.74. The first-order chi connectivity index (χ1) is 5.15. The summed E-state index contributed by atoms with van der Waals surface area (Å²) >= 11 is 11.4. The van der Waals surface area contributed by atoms with Gasteiger partial charge in [-0.25, -0.2) is 0 Å². The van der Waals surface area contributed by atoms with Crippen LogP contribution in [0.1, 0.15) is 5.56 Å². The van der Waals surface area contributed by atoms with Crippen molar-refractivity contribution in [3.8, 4) is 0 Å². The minimum Gasteiger partial charge on any atom is -0.0837 e. The van der Waals surface area contributed by atoms with Crippen LogP contribution < -0.4 is 0 Å². The summed E-state index contributed by atoms with van der Waals surface area (Å²) in [6.07, 6.45) is 0. The van der Waals surface area contributed by atoms with Crippen LogP contribution >= 0.6 is 23.2 Å². The molecule has 0 aromatic heterocycles. The molecule has 0 heterocycles. The number of aryl methyl sites for hydroxylation is 1. The molecule has 1 rings (SSSR count). The fourth-order valence-electron chi connectivity index (χ4n) is 0.712. The van der Waals surface area contributed by atoms with Crippen LogP contribution in [0, 0.1) is 12.3 Å². The molecule has 2 nitrogen and oxygen atoms in total. The van der Waals surface area contributed by atoms with Crippen LogP contribution in [0.3, 0.4) is 0 Å². The zero-order valence-electron chi connectivity index (χ0n) is 5.81. The summed E-state index contributed by atoms with van der Waals surface area (Å²) in [6, 6.07) is 3.16. The first-order valence-corrected chi connectivity index (χ1v) is 3.71. The molecular formula is C7H5Cl2N2+. The van der Waals surface area contributed by atoms with E-state index in [1.165, 1.54) is 6.07 Å². The number of diazo groups is 1. The Balaban J connectivity index is 3.35. The van der Waals surface area contributed by atoms with Gasteiger partial charge < -0.3 is 0 Å². The lowest BCUT2D eigenvalue weighted by Gasteiger charge is -1.93. The molecule has 0 spiro atoms. The van der Waals surface area contributed by atoms with Crippen molar-refractivity contribution in [1.29, 1.82) is 5.39 Å². The molecule has 0 aliphatic heterocycles. The van der Waals surface area contributed by atoms with Gasteiger partial charge in [0.1, 0.15) is 5.02 Å². The summed E-state index contributed by atoms with van der Waals surface area (Å²) in [6.45, 7) is 1.83. The maximum Gasteiger partial charge on any atom is 0.404 e. The van der Waals surface area contributed by atoms with E-state index in [0.29, 0.717) is 15.7 Å². The molecule has 0 amide bonds. The zero-order valence-corrected chi connectivity index (χ0v) is 7.32. The van der Waals surface area contributed by atoms with E-state index in [1.54, 1.807) is 6.07 Å². The molecule has 0 N–H and O–H groups in total. The Hall–Kier alpha value is -0.780. The predicted molar refractivity (Wildman–Crippen MR) is 45.9 cm³/mol. The average Bonchev–Trinajstić information content (AvgIpc) is 1.97. The van der Waals surface area contributed by atoms with E-state index < -0.39 is 0 Å². The molecule has 0 atom stereocenters. The highest BCUT2D eigenvalue weighted by atomic mass is 35.5. The van der Waals surface area contributed by atoms with Gasteiger partial charge in [-0.1, -0.05) is 23.2 Å². The van der Waals surface area contributed by atoms with Crippen molar-refractivity contribution in [3.05, 3.63) is 32.7 Å². The van der Waals surface area contributed by atoms with Crippen LogP contribution in [0.25, 0.3) is 4.98 Å². The van der Waals surface area contributed by atoms with Crippen LogP contribution in [-0.2, 0) is 0 Å². The van der Waals surface area contributed by atoms with E-state index in [-0.39, 0.29) is 0 Å². The summed E-state index contributed by atoms with van der Waals surface area (Å²) < 4.78 is 0. The molecule has 0 bridgehead atoms. The Bertz CT molecular complexity index is 328. The van der Waals surface area contributed by atoms with Crippen molar-refractivity contribution in [1.82, 2.24) is 0 Å². The van der Waals surface area contributed by atoms with Gasteiger partial charge in [-0.15, -0.1) is 0 Å². The molecule has 11 heavy (non-hydrogen) atoms. The second kappa shape index (κ2) is 3.08. The molecule has 4 heteroatoms. The van der Waals surface area contributed by atoms with Crippen molar-refractivity contribution in [2.45, 2.75) is 6.92 Å². The van der Waals surface area contributed by atoms with Gasteiger partial charge in [0.15, 0.2) is 4.98 Å². The third-order valence-corrected chi connectivity index (χ3v) is 2.05. The fourth-order valence-corrected chi connectivity index (χ4v) is 1.13. The van der Waals surface area contributed by atoms with Crippen molar-refractivity contribution in [2.75, 3.05) is 0 Å². The number of halogens is 2. The normalized spacial score (nSPS) is 9.27. The Morgan fingerprint density at radius 1 is 1.27 bits per heavy atom. The van der Waals surface area contributed by atoms with Gasteiger partial charge in [-0.2, -0.15) is 0 Å². The van der Waals surface area contributed by atoms with Crippen molar-refractivity contribution < 1.29 is 0 Å². The third-order valence-electron chi connectivity index (χ3n) is 1.34. The molecule has 1 aromatic carbocycles.